The van der Waals surface area contributed by atoms with Crippen molar-refractivity contribution in [2.24, 2.45) is 52.3 Å². The molecule has 0 bridgehead atoms. The number of rotatable bonds is 6. The Kier molecular flexibility index (Phi) is 8.45. The third-order valence-corrected chi connectivity index (χ3v) is 13.0. The minimum Gasteiger partial charge on any atom is -0.450 e. The Labute approximate surface area is 230 Å². The summed E-state index contributed by atoms with van der Waals surface area (Å²) in [5.74, 6) is 3.27. The molecule has 5 aliphatic carbocycles. The van der Waals surface area contributed by atoms with Gasteiger partial charge < -0.3 is 25.4 Å². The van der Waals surface area contributed by atoms with Gasteiger partial charge in [-0.05, 0) is 116 Å². The molecule has 0 saturated heterocycles. The summed E-state index contributed by atoms with van der Waals surface area (Å²) >= 11 is 0. The first-order valence-electron chi connectivity index (χ1n) is 16.1. The summed E-state index contributed by atoms with van der Waals surface area (Å²) in [4.78, 5) is 12.4. The van der Waals surface area contributed by atoms with Gasteiger partial charge in [0.2, 0.25) is 0 Å². The largest absolute Gasteiger partial charge is 0.450 e. The fourth-order valence-corrected chi connectivity index (χ4v) is 10.9. The molecule has 38 heavy (non-hydrogen) atoms. The van der Waals surface area contributed by atoms with E-state index in [9.17, 15) is 20.1 Å². The molecule has 6 heteroatoms. The topological polar surface area (TPSA) is 99.0 Å². The summed E-state index contributed by atoms with van der Waals surface area (Å²) < 4.78 is 5.58. The summed E-state index contributed by atoms with van der Waals surface area (Å²) in [6, 6.07) is -0.180. The molecule has 13 atom stereocenters. The number of alkyl carbamates (subject to hydrolysis) is 1. The van der Waals surface area contributed by atoms with Crippen LogP contribution in [0.1, 0.15) is 111 Å². The molecule has 0 aromatic rings. The van der Waals surface area contributed by atoms with Gasteiger partial charge in [0.25, 0.3) is 0 Å². The highest BCUT2D eigenvalue weighted by Crippen LogP contribution is 2.69. The lowest BCUT2D eigenvalue weighted by Crippen LogP contribution is -2.62. The summed E-state index contributed by atoms with van der Waals surface area (Å²) in [7, 11) is 0. The van der Waals surface area contributed by atoms with E-state index in [0.29, 0.717) is 48.0 Å². The number of nitrogens with one attached hydrogen (secondary N) is 1. The van der Waals surface area contributed by atoms with Crippen LogP contribution in [-0.4, -0.2) is 52.4 Å². The summed E-state index contributed by atoms with van der Waals surface area (Å²) in [6.07, 6.45) is 11.9. The molecule has 5 rings (SSSR count). The van der Waals surface area contributed by atoms with E-state index in [1.54, 1.807) is 0 Å². The maximum Gasteiger partial charge on any atom is 0.407 e. The van der Waals surface area contributed by atoms with Crippen molar-refractivity contribution in [3.05, 3.63) is 0 Å². The van der Waals surface area contributed by atoms with Crippen LogP contribution >= 0.6 is 0 Å². The van der Waals surface area contributed by atoms with E-state index in [1.807, 2.05) is 0 Å². The lowest BCUT2D eigenvalue weighted by Gasteiger charge is -2.64. The van der Waals surface area contributed by atoms with E-state index in [2.05, 4.69) is 33.0 Å². The van der Waals surface area contributed by atoms with Crippen LogP contribution in [-0.2, 0) is 4.74 Å². The molecule has 2 unspecified atom stereocenters. The maximum absolute atomic E-state index is 12.4. The van der Waals surface area contributed by atoms with Crippen LogP contribution in [0, 0.1) is 52.3 Å². The second-order valence-electron chi connectivity index (χ2n) is 14.6. The molecule has 0 aromatic carbocycles. The van der Waals surface area contributed by atoms with Crippen LogP contribution in [0.5, 0.6) is 0 Å². The Bertz CT molecular complexity index is 837. The lowest BCUT2D eigenvalue weighted by molar-refractivity contribution is -0.203. The van der Waals surface area contributed by atoms with Crippen molar-refractivity contribution in [1.82, 2.24) is 5.32 Å². The summed E-state index contributed by atoms with van der Waals surface area (Å²) in [6.45, 7) is 10.0. The Balaban J connectivity index is 1.22. The standard InChI is InChI=1S/C32H55NO5/c1-5-21-25-18-20(34)12-15-32(25,4)24-13-16-31(3)22(10-11-23(31)28(24)29(21)36)19(2)14-17-38-30(37)33-26-8-6-7-9-27(26)35/h19-29,34-36H,5-18H2,1-4H3,(H,33,37)/t19-,20-,21-,22?,23+,24?,25+,26+,27+,28+,29-,31-,32-/m1/s1. The highest BCUT2D eigenvalue weighted by Gasteiger charge is 2.64. The van der Waals surface area contributed by atoms with Crippen LogP contribution in [0.15, 0.2) is 0 Å². The minimum absolute atomic E-state index is 0.180. The van der Waals surface area contributed by atoms with Gasteiger partial charge in [0.15, 0.2) is 0 Å². The fraction of sp³-hybridized carbons (Fsp3) is 0.969. The average molecular weight is 534 g/mol. The highest BCUT2D eigenvalue weighted by atomic mass is 16.5. The van der Waals surface area contributed by atoms with E-state index < -0.39 is 12.2 Å². The van der Waals surface area contributed by atoms with Gasteiger partial charge in [-0.15, -0.1) is 0 Å². The van der Waals surface area contributed by atoms with Crippen molar-refractivity contribution in [1.29, 1.82) is 0 Å². The number of aliphatic hydroxyl groups excluding tert-OH is 3. The molecule has 5 fully saturated rings. The van der Waals surface area contributed by atoms with Crippen molar-refractivity contribution in [3.8, 4) is 0 Å². The third-order valence-electron chi connectivity index (χ3n) is 13.0. The van der Waals surface area contributed by atoms with Gasteiger partial charge in [-0.25, -0.2) is 4.79 Å². The molecule has 5 saturated carbocycles. The predicted molar refractivity (Wildman–Crippen MR) is 148 cm³/mol. The second-order valence-corrected chi connectivity index (χ2v) is 14.6. The number of hydrogen-bond acceptors (Lipinski definition) is 5. The highest BCUT2D eigenvalue weighted by molar-refractivity contribution is 5.67. The second kappa shape index (κ2) is 11.2. The molecule has 0 radical (unpaired) electrons. The zero-order valence-electron chi connectivity index (χ0n) is 24.4. The molecule has 0 aromatic heterocycles. The number of carbonyl (C=O) groups excluding carboxylic acids is 1. The van der Waals surface area contributed by atoms with E-state index in [0.717, 1.165) is 57.8 Å². The van der Waals surface area contributed by atoms with Gasteiger partial charge in [0.05, 0.1) is 31.0 Å². The maximum atomic E-state index is 12.4. The molecule has 1 amide bonds. The number of carbonyl (C=O) groups is 1. The first kappa shape index (κ1) is 28.7. The van der Waals surface area contributed by atoms with Crippen LogP contribution in [0.2, 0.25) is 0 Å². The van der Waals surface area contributed by atoms with Crippen molar-refractivity contribution >= 4 is 6.09 Å². The summed E-state index contributed by atoms with van der Waals surface area (Å²) in [5, 5.41) is 35.4. The molecule has 0 heterocycles. The average Bonchev–Trinajstić information content (AvgIpc) is 3.24. The number of hydrogen-bond donors (Lipinski definition) is 4. The lowest BCUT2D eigenvalue weighted by atomic mass is 9.41. The van der Waals surface area contributed by atoms with Crippen LogP contribution < -0.4 is 5.32 Å². The van der Waals surface area contributed by atoms with E-state index >= 15 is 0 Å². The van der Waals surface area contributed by atoms with Gasteiger partial charge in [0, 0.05) is 0 Å². The predicted octanol–water partition coefficient (Wildman–Crippen LogP) is 5.67. The van der Waals surface area contributed by atoms with E-state index in [4.69, 9.17) is 4.74 Å². The van der Waals surface area contributed by atoms with Gasteiger partial charge in [-0.1, -0.05) is 47.0 Å². The zero-order valence-corrected chi connectivity index (χ0v) is 24.4. The number of fused-ring (bicyclic) bond motifs is 5. The van der Waals surface area contributed by atoms with Crippen LogP contribution in [0.4, 0.5) is 4.79 Å². The molecule has 4 N–H and O–H groups in total. The Morgan fingerprint density at radius 3 is 2.39 bits per heavy atom. The zero-order chi connectivity index (χ0) is 27.2. The van der Waals surface area contributed by atoms with Crippen molar-refractivity contribution < 1.29 is 24.9 Å². The van der Waals surface area contributed by atoms with E-state index in [-0.39, 0.29) is 29.1 Å². The molecule has 218 valence electrons. The van der Waals surface area contributed by atoms with E-state index in [1.165, 1.54) is 25.7 Å². The fourth-order valence-electron chi connectivity index (χ4n) is 10.9. The van der Waals surface area contributed by atoms with Crippen molar-refractivity contribution in [3.63, 3.8) is 0 Å². The Hall–Kier alpha value is -0.850. The molecular formula is C32H55NO5. The number of amides is 1. The van der Waals surface area contributed by atoms with Crippen LogP contribution in [0.3, 0.4) is 0 Å². The van der Waals surface area contributed by atoms with Crippen molar-refractivity contribution in [2.75, 3.05) is 6.61 Å². The normalized spacial score (nSPS) is 49.3. The SMILES string of the molecule is CC[C@H]1[C@@H](O)[C@@H]2C(CC[C@]3(C)C([C@H](C)CCOC(=O)N[C@H]4CCCC[C@@H]4O)CC[C@@H]23)[C@@]2(C)CC[C@@H](O)C[C@@H]12. The monoisotopic (exact) mass is 533 g/mol. The minimum atomic E-state index is -0.459. The van der Waals surface area contributed by atoms with Gasteiger partial charge in [-0.3, -0.25) is 0 Å². The van der Waals surface area contributed by atoms with Gasteiger partial charge >= 0.3 is 6.09 Å². The number of aliphatic hydroxyl groups is 3. The quantitative estimate of drug-likeness (QED) is 0.353. The van der Waals surface area contributed by atoms with Crippen LogP contribution in [0.25, 0.3) is 0 Å². The number of ether oxygens (including phenoxy) is 1. The molecule has 0 spiro atoms. The van der Waals surface area contributed by atoms with Gasteiger partial charge in [0.1, 0.15) is 0 Å². The Morgan fingerprint density at radius 1 is 0.947 bits per heavy atom. The summed E-state index contributed by atoms with van der Waals surface area (Å²) in [5.41, 5.74) is 0.466. The first-order chi connectivity index (χ1) is 18.1. The molecule has 5 aliphatic rings. The molecule has 0 aliphatic heterocycles. The van der Waals surface area contributed by atoms with Gasteiger partial charge in [-0.2, -0.15) is 0 Å². The molecular weight excluding hydrogens is 478 g/mol. The smallest absolute Gasteiger partial charge is 0.407 e. The first-order valence-corrected chi connectivity index (χ1v) is 16.1. The Morgan fingerprint density at radius 2 is 1.66 bits per heavy atom. The molecule has 6 nitrogen and oxygen atoms in total. The van der Waals surface area contributed by atoms with Crippen molar-refractivity contribution in [2.45, 2.75) is 136 Å². The third kappa shape index (κ3) is 4.93.